The molecule has 4 nitrogen and oxygen atoms in total. The van der Waals surface area contributed by atoms with E-state index in [1.165, 1.54) is 16.9 Å². The molecule has 20 heavy (non-hydrogen) atoms. The van der Waals surface area contributed by atoms with Crippen molar-refractivity contribution in [1.29, 1.82) is 0 Å². The number of aromatic carboxylic acids is 1. The Balaban J connectivity index is 1.80. The van der Waals surface area contributed by atoms with E-state index in [0.717, 1.165) is 23.6 Å². The van der Waals surface area contributed by atoms with Gasteiger partial charge in [-0.3, -0.25) is 0 Å². The second-order valence-corrected chi connectivity index (χ2v) is 5.48. The summed E-state index contributed by atoms with van der Waals surface area (Å²) in [6, 6.07) is 11.4. The fourth-order valence-corrected chi connectivity index (χ4v) is 2.75. The molecule has 2 aromatic rings. The van der Waals surface area contributed by atoms with Gasteiger partial charge in [-0.15, -0.1) is 11.3 Å². The lowest BCUT2D eigenvalue weighted by atomic mass is 10.1. The molecule has 1 heterocycles. The van der Waals surface area contributed by atoms with E-state index in [1.54, 1.807) is 13.2 Å². The summed E-state index contributed by atoms with van der Waals surface area (Å²) in [6.45, 7) is 1.51. The molecule has 0 amide bonds. The SMILES string of the molecule is COc1ccccc1CCNCc1ccc(C(=O)O)s1. The summed E-state index contributed by atoms with van der Waals surface area (Å²) < 4.78 is 5.30. The van der Waals surface area contributed by atoms with E-state index in [2.05, 4.69) is 5.32 Å². The third kappa shape index (κ3) is 3.82. The number of carboxylic acid groups (broad SMARTS) is 1. The lowest BCUT2D eigenvalue weighted by Crippen LogP contribution is -2.16. The highest BCUT2D eigenvalue weighted by molar-refractivity contribution is 7.13. The molecule has 0 saturated carbocycles. The van der Waals surface area contributed by atoms with Gasteiger partial charge in [0.05, 0.1) is 7.11 Å². The second kappa shape index (κ2) is 7.07. The normalized spacial score (nSPS) is 10.4. The number of ether oxygens (including phenoxy) is 1. The van der Waals surface area contributed by atoms with Gasteiger partial charge >= 0.3 is 5.97 Å². The van der Waals surface area contributed by atoms with Gasteiger partial charge < -0.3 is 15.2 Å². The van der Waals surface area contributed by atoms with Crippen LogP contribution in [0.15, 0.2) is 36.4 Å². The molecule has 0 radical (unpaired) electrons. The third-order valence-corrected chi connectivity index (χ3v) is 4.01. The Morgan fingerprint density at radius 1 is 1.30 bits per heavy atom. The number of para-hydroxylation sites is 1. The van der Waals surface area contributed by atoms with E-state index in [0.29, 0.717) is 11.4 Å². The molecule has 1 aromatic heterocycles. The van der Waals surface area contributed by atoms with Crippen molar-refractivity contribution in [2.24, 2.45) is 0 Å². The van der Waals surface area contributed by atoms with E-state index in [1.807, 2.05) is 30.3 Å². The molecule has 0 spiro atoms. The van der Waals surface area contributed by atoms with Crippen molar-refractivity contribution in [2.45, 2.75) is 13.0 Å². The van der Waals surface area contributed by atoms with Gasteiger partial charge in [0.25, 0.3) is 0 Å². The number of hydrogen-bond donors (Lipinski definition) is 2. The van der Waals surface area contributed by atoms with E-state index in [-0.39, 0.29) is 0 Å². The molecule has 0 unspecified atom stereocenters. The first-order valence-electron chi connectivity index (χ1n) is 6.35. The molecule has 0 saturated heterocycles. The Labute approximate surface area is 122 Å². The molecule has 0 atom stereocenters. The average Bonchev–Trinajstić information content (AvgIpc) is 2.93. The molecule has 106 valence electrons. The van der Waals surface area contributed by atoms with Gasteiger partial charge in [-0.1, -0.05) is 18.2 Å². The van der Waals surface area contributed by atoms with Crippen LogP contribution in [0.2, 0.25) is 0 Å². The number of carboxylic acids is 1. The predicted octanol–water partition coefficient (Wildman–Crippen LogP) is 2.79. The zero-order valence-corrected chi connectivity index (χ0v) is 12.1. The number of nitrogens with one attached hydrogen (secondary N) is 1. The number of methoxy groups -OCH3 is 1. The molecular formula is C15H17NO3S. The highest BCUT2D eigenvalue weighted by Gasteiger charge is 2.06. The van der Waals surface area contributed by atoms with Crippen LogP contribution in [-0.4, -0.2) is 24.7 Å². The largest absolute Gasteiger partial charge is 0.496 e. The van der Waals surface area contributed by atoms with Crippen molar-refractivity contribution < 1.29 is 14.6 Å². The summed E-state index contributed by atoms with van der Waals surface area (Å²) in [4.78, 5) is 12.2. The smallest absolute Gasteiger partial charge is 0.345 e. The number of hydrogen-bond acceptors (Lipinski definition) is 4. The summed E-state index contributed by atoms with van der Waals surface area (Å²) in [5.74, 6) is 0.0360. The average molecular weight is 291 g/mol. The predicted molar refractivity (Wildman–Crippen MR) is 79.7 cm³/mol. The molecule has 0 fully saturated rings. The van der Waals surface area contributed by atoms with Gasteiger partial charge in [0.1, 0.15) is 10.6 Å². The summed E-state index contributed by atoms with van der Waals surface area (Å²) in [5, 5.41) is 12.2. The van der Waals surface area contributed by atoms with Crippen LogP contribution in [0.25, 0.3) is 0 Å². The monoisotopic (exact) mass is 291 g/mol. The van der Waals surface area contributed by atoms with Crippen molar-refractivity contribution in [3.63, 3.8) is 0 Å². The first-order valence-corrected chi connectivity index (χ1v) is 7.17. The molecule has 0 aliphatic heterocycles. The summed E-state index contributed by atoms with van der Waals surface area (Å²) in [6.07, 6.45) is 0.876. The van der Waals surface area contributed by atoms with E-state index < -0.39 is 5.97 Å². The van der Waals surface area contributed by atoms with E-state index in [4.69, 9.17) is 9.84 Å². The lowest BCUT2D eigenvalue weighted by molar-refractivity contribution is 0.0702. The maximum atomic E-state index is 10.8. The molecule has 0 bridgehead atoms. The Kier molecular flexibility index (Phi) is 5.15. The minimum Gasteiger partial charge on any atom is -0.496 e. The number of rotatable bonds is 7. The Morgan fingerprint density at radius 3 is 2.80 bits per heavy atom. The lowest BCUT2D eigenvalue weighted by Gasteiger charge is -2.08. The van der Waals surface area contributed by atoms with Gasteiger partial charge in [0.2, 0.25) is 0 Å². The zero-order chi connectivity index (χ0) is 14.4. The Hall–Kier alpha value is -1.85. The highest BCUT2D eigenvalue weighted by Crippen LogP contribution is 2.18. The summed E-state index contributed by atoms with van der Waals surface area (Å²) in [5.41, 5.74) is 1.17. The number of thiophene rings is 1. The van der Waals surface area contributed by atoms with Crippen LogP contribution in [-0.2, 0) is 13.0 Å². The van der Waals surface area contributed by atoms with Crippen molar-refractivity contribution in [3.8, 4) is 5.75 Å². The van der Waals surface area contributed by atoms with Crippen molar-refractivity contribution >= 4 is 17.3 Å². The molecule has 5 heteroatoms. The molecular weight excluding hydrogens is 274 g/mol. The van der Waals surface area contributed by atoms with Crippen molar-refractivity contribution in [3.05, 3.63) is 51.7 Å². The van der Waals surface area contributed by atoms with Gasteiger partial charge in [0.15, 0.2) is 0 Å². The van der Waals surface area contributed by atoms with Crippen LogP contribution in [0.3, 0.4) is 0 Å². The van der Waals surface area contributed by atoms with Gasteiger partial charge in [-0.25, -0.2) is 4.79 Å². The van der Waals surface area contributed by atoms with Crippen LogP contribution in [0, 0.1) is 0 Å². The fourth-order valence-electron chi connectivity index (χ4n) is 1.93. The van der Waals surface area contributed by atoms with Crippen molar-refractivity contribution in [2.75, 3.05) is 13.7 Å². The quantitative estimate of drug-likeness (QED) is 0.770. The molecule has 0 aliphatic carbocycles. The van der Waals surface area contributed by atoms with E-state index in [9.17, 15) is 4.79 Å². The van der Waals surface area contributed by atoms with Crippen LogP contribution in [0.4, 0.5) is 0 Å². The first kappa shape index (κ1) is 14.6. The second-order valence-electron chi connectivity index (χ2n) is 4.31. The van der Waals surface area contributed by atoms with E-state index >= 15 is 0 Å². The summed E-state index contributed by atoms with van der Waals surface area (Å²) >= 11 is 1.31. The standard InChI is InChI=1S/C15H17NO3S/c1-19-13-5-3-2-4-11(13)8-9-16-10-12-6-7-14(20-12)15(17)18/h2-7,16H,8-10H2,1H3,(H,17,18). The minimum atomic E-state index is -0.865. The van der Waals surface area contributed by atoms with Crippen LogP contribution < -0.4 is 10.1 Å². The maximum Gasteiger partial charge on any atom is 0.345 e. The number of carbonyl (C=O) groups is 1. The van der Waals surface area contributed by atoms with Gasteiger partial charge in [-0.2, -0.15) is 0 Å². The molecule has 2 N–H and O–H groups in total. The first-order chi connectivity index (χ1) is 9.70. The molecule has 1 aromatic carbocycles. The minimum absolute atomic E-state index is 0.381. The van der Waals surface area contributed by atoms with Crippen LogP contribution in [0.5, 0.6) is 5.75 Å². The highest BCUT2D eigenvalue weighted by atomic mass is 32.1. The Morgan fingerprint density at radius 2 is 2.10 bits per heavy atom. The van der Waals surface area contributed by atoms with Crippen molar-refractivity contribution in [1.82, 2.24) is 5.32 Å². The van der Waals surface area contributed by atoms with Gasteiger partial charge in [0, 0.05) is 11.4 Å². The Bertz CT molecular complexity index is 580. The third-order valence-electron chi connectivity index (χ3n) is 2.94. The zero-order valence-electron chi connectivity index (χ0n) is 11.3. The fraction of sp³-hybridized carbons (Fsp3) is 0.267. The topological polar surface area (TPSA) is 58.6 Å². The molecule has 2 rings (SSSR count). The molecule has 0 aliphatic rings. The maximum absolute atomic E-state index is 10.8. The summed E-state index contributed by atoms with van der Waals surface area (Å²) in [7, 11) is 1.67. The van der Waals surface area contributed by atoms with Crippen LogP contribution in [0.1, 0.15) is 20.1 Å². The number of benzene rings is 1. The van der Waals surface area contributed by atoms with Crippen LogP contribution >= 0.6 is 11.3 Å². The van der Waals surface area contributed by atoms with Gasteiger partial charge in [-0.05, 0) is 36.7 Å².